The molecule has 0 aromatic heterocycles. The first-order valence-electron chi connectivity index (χ1n) is 8.76. The minimum atomic E-state index is -0.249. The predicted octanol–water partition coefficient (Wildman–Crippen LogP) is 3.49. The van der Waals surface area contributed by atoms with Gasteiger partial charge in [0.25, 0.3) is 11.8 Å². The van der Waals surface area contributed by atoms with E-state index in [4.69, 9.17) is 27.9 Å². The average molecular weight is 405 g/mol. The van der Waals surface area contributed by atoms with Gasteiger partial charge in [0.05, 0.1) is 40.4 Å². The topological polar surface area (TPSA) is 49.9 Å². The molecule has 0 unspecified atom stereocenters. The van der Waals surface area contributed by atoms with E-state index in [2.05, 4.69) is 4.90 Å². The van der Waals surface area contributed by atoms with Crippen LogP contribution >= 0.6 is 23.2 Å². The zero-order valence-electron chi connectivity index (χ0n) is 14.5. The van der Waals surface area contributed by atoms with Gasteiger partial charge >= 0.3 is 0 Å². The Morgan fingerprint density at radius 3 is 2.37 bits per heavy atom. The van der Waals surface area contributed by atoms with E-state index >= 15 is 0 Å². The van der Waals surface area contributed by atoms with Crippen LogP contribution in [0.15, 0.2) is 42.5 Å². The van der Waals surface area contributed by atoms with Crippen LogP contribution in [0.2, 0.25) is 10.0 Å². The van der Waals surface area contributed by atoms with Crippen molar-refractivity contribution in [3.63, 3.8) is 0 Å². The fourth-order valence-corrected chi connectivity index (χ4v) is 3.86. The molecule has 7 heteroatoms. The molecule has 140 valence electrons. The standard InChI is InChI=1S/C20H18Cl2N2O3/c21-17-6-5-13(9-18(17)22)10-23-7-8-27-14(11-23)12-24-19(25)15-3-1-2-4-16(15)20(24)26/h1-6,9,14H,7-8,10-12H2/t14-/m1/s1. The second kappa shape index (κ2) is 7.60. The highest BCUT2D eigenvalue weighted by atomic mass is 35.5. The maximum Gasteiger partial charge on any atom is 0.261 e. The number of rotatable bonds is 4. The number of benzene rings is 2. The number of hydrogen-bond acceptors (Lipinski definition) is 4. The number of ether oxygens (including phenoxy) is 1. The molecule has 2 aliphatic heterocycles. The summed E-state index contributed by atoms with van der Waals surface area (Å²) in [5.74, 6) is -0.499. The van der Waals surface area contributed by atoms with E-state index in [1.807, 2.05) is 12.1 Å². The van der Waals surface area contributed by atoms with Gasteiger partial charge in [-0.05, 0) is 29.8 Å². The number of fused-ring (bicyclic) bond motifs is 1. The largest absolute Gasteiger partial charge is 0.374 e. The first-order valence-corrected chi connectivity index (χ1v) is 9.51. The van der Waals surface area contributed by atoms with Crippen molar-refractivity contribution in [3.8, 4) is 0 Å². The van der Waals surface area contributed by atoms with Crippen LogP contribution in [0.3, 0.4) is 0 Å². The molecule has 2 aromatic rings. The maximum atomic E-state index is 12.5. The Hall–Kier alpha value is -1.92. The second-order valence-electron chi connectivity index (χ2n) is 6.74. The molecule has 0 aliphatic carbocycles. The van der Waals surface area contributed by atoms with E-state index in [1.54, 1.807) is 30.3 Å². The van der Waals surface area contributed by atoms with E-state index in [9.17, 15) is 9.59 Å². The van der Waals surface area contributed by atoms with Gasteiger partial charge in [-0.1, -0.05) is 41.4 Å². The molecule has 2 heterocycles. The summed E-state index contributed by atoms with van der Waals surface area (Å²) >= 11 is 12.1. The maximum absolute atomic E-state index is 12.5. The molecule has 2 amide bonds. The average Bonchev–Trinajstić information content (AvgIpc) is 2.90. The number of amides is 2. The Kier molecular flexibility index (Phi) is 5.19. The molecule has 1 saturated heterocycles. The Bertz CT molecular complexity index is 868. The summed E-state index contributed by atoms with van der Waals surface area (Å²) in [6.45, 7) is 2.92. The third-order valence-electron chi connectivity index (χ3n) is 4.88. The lowest BCUT2D eigenvalue weighted by atomic mass is 10.1. The molecule has 0 bridgehead atoms. The predicted molar refractivity (Wildman–Crippen MR) is 103 cm³/mol. The van der Waals surface area contributed by atoms with Gasteiger partial charge in [0.2, 0.25) is 0 Å². The van der Waals surface area contributed by atoms with Gasteiger partial charge in [-0.2, -0.15) is 0 Å². The lowest BCUT2D eigenvalue weighted by molar-refractivity contribution is -0.0400. The van der Waals surface area contributed by atoms with Gasteiger partial charge in [0.1, 0.15) is 0 Å². The zero-order valence-corrected chi connectivity index (χ0v) is 16.0. The molecule has 2 aromatic carbocycles. The van der Waals surface area contributed by atoms with Crippen molar-refractivity contribution < 1.29 is 14.3 Å². The van der Waals surface area contributed by atoms with E-state index in [0.29, 0.717) is 40.9 Å². The Labute approximate surface area is 167 Å². The highest BCUT2D eigenvalue weighted by Gasteiger charge is 2.37. The highest BCUT2D eigenvalue weighted by molar-refractivity contribution is 6.42. The quantitative estimate of drug-likeness (QED) is 0.731. The Morgan fingerprint density at radius 2 is 1.70 bits per heavy atom. The lowest BCUT2D eigenvalue weighted by Crippen LogP contribution is -2.48. The molecular weight excluding hydrogens is 387 g/mol. The number of carbonyl (C=O) groups is 2. The molecule has 2 aliphatic rings. The minimum absolute atomic E-state index is 0.219. The third kappa shape index (κ3) is 3.73. The van der Waals surface area contributed by atoms with E-state index < -0.39 is 0 Å². The first-order chi connectivity index (χ1) is 13.0. The summed E-state index contributed by atoms with van der Waals surface area (Å²) < 4.78 is 5.81. The lowest BCUT2D eigenvalue weighted by Gasteiger charge is -2.34. The number of carbonyl (C=O) groups excluding carboxylic acids is 2. The third-order valence-corrected chi connectivity index (χ3v) is 5.62. The summed E-state index contributed by atoms with van der Waals surface area (Å²) in [6, 6.07) is 12.5. The number of imide groups is 1. The van der Waals surface area contributed by atoms with Gasteiger partial charge < -0.3 is 4.74 Å². The summed E-state index contributed by atoms with van der Waals surface area (Å²) in [6.07, 6.45) is -0.219. The van der Waals surface area contributed by atoms with Gasteiger partial charge in [-0.15, -0.1) is 0 Å². The van der Waals surface area contributed by atoms with Crippen LogP contribution in [0.4, 0.5) is 0 Å². The second-order valence-corrected chi connectivity index (χ2v) is 7.56. The number of morpholine rings is 1. The van der Waals surface area contributed by atoms with Gasteiger partial charge in [-0.25, -0.2) is 0 Å². The zero-order chi connectivity index (χ0) is 19.0. The molecule has 1 atom stereocenters. The van der Waals surface area contributed by atoms with Crippen LogP contribution in [0.1, 0.15) is 26.3 Å². The molecule has 5 nitrogen and oxygen atoms in total. The van der Waals surface area contributed by atoms with Crippen molar-refractivity contribution in [1.82, 2.24) is 9.80 Å². The first kappa shape index (κ1) is 18.4. The SMILES string of the molecule is O=C1c2ccccc2C(=O)N1C[C@H]1CN(Cc2ccc(Cl)c(Cl)c2)CCO1. The van der Waals surface area contributed by atoms with Crippen LogP contribution in [0.25, 0.3) is 0 Å². The van der Waals surface area contributed by atoms with E-state index in [-0.39, 0.29) is 24.5 Å². The molecule has 1 fully saturated rings. The van der Waals surface area contributed by atoms with E-state index in [0.717, 1.165) is 12.1 Å². The van der Waals surface area contributed by atoms with E-state index in [1.165, 1.54) is 4.90 Å². The normalized spacial score (nSPS) is 20.2. The fraction of sp³-hybridized carbons (Fsp3) is 0.300. The van der Waals surface area contributed by atoms with Crippen molar-refractivity contribution in [2.75, 3.05) is 26.2 Å². The fourth-order valence-electron chi connectivity index (χ4n) is 3.54. The minimum Gasteiger partial charge on any atom is -0.374 e. The molecule has 0 spiro atoms. The Morgan fingerprint density at radius 1 is 1.00 bits per heavy atom. The summed E-state index contributed by atoms with van der Waals surface area (Å²) in [5, 5.41) is 1.07. The highest BCUT2D eigenvalue weighted by Crippen LogP contribution is 2.25. The Balaban J connectivity index is 1.41. The molecule has 0 N–H and O–H groups in total. The van der Waals surface area contributed by atoms with Crippen LogP contribution < -0.4 is 0 Å². The van der Waals surface area contributed by atoms with Crippen LogP contribution in [0, 0.1) is 0 Å². The molecule has 0 radical (unpaired) electrons. The number of hydrogen-bond donors (Lipinski definition) is 0. The van der Waals surface area contributed by atoms with Crippen molar-refractivity contribution in [1.29, 1.82) is 0 Å². The number of halogens is 2. The van der Waals surface area contributed by atoms with Crippen LogP contribution in [-0.2, 0) is 11.3 Å². The van der Waals surface area contributed by atoms with Crippen molar-refractivity contribution >= 4 is 35.0 Å². The van der Waals surface area contributed by atoms with Gasteiger partial charge in [-0.3, -0.25) is 19.4 Å². The smallest absolute Gasteiger partial charge is 0.261 e. The molecule has 27 heavy (non-hydrogen) atoms. The molecule has 0 saturated carbocycles. The van der Waals surface area contributed by atoms with Gasteiger partial charge in [0, 0.05) is 19.6 Å². The van der Waals surface area contributed by atoms with Crippen molar-refractivity contribution in [2.45, 2.75) is 12.6 Å². The van der Waals surface area contributed by atoms with Crippen LogP contribution in [0.5, 0.6) is 0 Å². The monoisotopic (exact) mass is 404 g/mol. The van der Waals surface area contributed by atoms with Crippen molar-refractivity contribution in [2.24, 2.45) is 0 Å². The molecule has 4 rings (SSSR count). The summed E-state index contributed by atoms with van der Waals surface area (Å²) in [4.78, 5) is 28.6. The summed E-state index contributed by atoms with van der Waals surface area (Å²) in [7, 11) is 0. The molecular formula is C20H18Cl2N2O3. The van der Waals surface area contributed by atoms with Crippen LogP contribution in [-0.4, -0.2) is 54.0 Å². The van der Waals surface area contributed by atoms with Gasteiger partial charge in [0.15, 0.2) is 0 Å². The van der Waals surface area contributed by atoms with Crippen molar-refractivity contribution in [3.05, 3.63) is 69.2 Å². The summed E-state index contributed by atoms with van der Waals surface area (Å²) in [5.41, 5.74) is 1.99. The number of nitrogens with zero attached hydrogens (tertiary/aromatic N) is 2.